The molecule has 1 aromatic carbocycles. The zero-order valence-electron chi connectivity index (χ0n) is 14.9. The maximum absolute atomic E-state index is 12.9. The largest absolute Gasteiger partial charge is 0.364 e. The maximum atomic E-state index is 12.9. The van der Waals surface area contributed by atoms with E-state index in [0.717, 1.165) is 16.9 Å². The number of imidazole rings is 1. The number of aromatic nitrogens is 3. The van der Waals surface area contributed by atoms with Gasteiger partial charge in [-0.05, 0) is 31.0 Å². The number of nitrogens with two attached hydrogens (primary N) is 1. The Kier molecular flexibility index (Phi) is 4.27. The van der Waals surface area contributed by atoms with Crippen molar-refractivity contribution in [1.29, 1.82) is 0 Å². The number of hydrogen-bond acceptors (Lipinski definition) is 4. The van der Waals surface area contributed by atoms with Crippen molar-refractivity contribution in [1.82, 2.24) is 18.8 Å². The molecule has 0 bridgehead atoms. The highest BCUT2D eigenvalue weighted by Crippen LogP contribution is 2.30. The number of rotatable bonds is 4. The molecule has 8 nitrogen and oxygen atoms in total. The average Bonchev–Trinajstić information content (AvgIpc) is 3.25. The predicted octanol–water partition coefficient (Wildman–Crippen LogP) is 1.57. The monoisotopic (exact) mass is 387 g/mol. The Morgan fingerprint density at radius 3 is 2.59 bits per heavy atom. The van der Waals surface area contributed by atoms with Crippen LogP contribution in [-0.4, -0.2) is 46.3 Å². The molecule has 3 aromatic rings. The molecular weight excluding hydrogens is 366 g/mol. The van der Waals surface area contributed by atoms with Gasteiger partial charge >= 0.3 is 0 Å². The van der Waals surface area contributed by atoms with Gasteiger partial charge in [0, 0.05) is 32.3 Å². The van der Waals surface area contributed by atoms with Crippen molar-refractivity contribution in [3.8, 4) is 0 Å². The minimum atomic E-state index is -3.65. The number of primary amides is 1. The van der Waals surface area contributed by atoms with Crippen LogP contribution in [0.3, 0.4) is 0 Å². The van der Waals surface area contributed by atoms with E-state index in [9.17, 15) is 13.2 Å². The number of piperidine rings is 1. The van der Waals surface area contributed by atoms with Crippen LogP contribution in [0.1, 0.15) is 35.1 Å². The quantitative estimate of drug-likeness (QED) is 0.707. The Balaban J connectivity index is 1.51. The molecule has 0 aliphatic carbocycles. The topological polar surface area (TPSA) is 114 Å². The van der Waals surface area contributed by atoms with Gasteiger partial charge in [0.25, 0.3) is 5.91 Å². The second-order valence-corrected chi connectivity index (χ2v) is 8.79. The molecule has 0 saturated carbocycles. The molecule has 2 aromatic heterocycles. The summed E-state index contributed by atoms with van der Waals surface area (Å²) in [6.45, 7) is 0.815. The number of aromatic amines is 1. The number of hydrogen-bond donors (Lipinski definition) is 2. The van der Waals surface area contributed by atoms with Gasteiger partial charge in [0.1, 0.15) is 16.4 Å². The zero-order chi connectivity index (χ0) is 19.2. The first-order chi connectivity index (χ1) is 12.9. The molecule has 1 saturated heterocycles. The highest BCUT2D eigenvalue weighted by Gasteiger charge is 2.32. The van der Waals surface area contributed by atoms with E-state index in [1.165, 1.54) is 21.1 Å². The van der Waals surface area contributed by atoms with Crippen molar-refractivity contribution in [3.05, 3.63) is 48.0 Å². The van der Waals surface area contributed by atoms with Crippen LogP contribution in [0, 0.1) is 0 Å². The van der Waals surface area contributed by atoms with Crippen LogP contribution in [0.25, 0.3) is 11.0 Å². The highest BCUT2D eigenvalue weighted by molar-refractivity contribution is 7.89. The summed E-state index contributed by atoms with van der Waals surface area (Å²) in [7, 11) is -2.05. The summed E-state index contributed by atoms with van der Waals surface area (Å²) in [6.07, 6.45) is 2.81. The minimum Gasteiger partial charge on any atom is -0.364 e. The van der Waals surface area contributed by atoms with Crippen molar-refractivity contribution >= 4 is 27.0 Å². The molecule has 1 aliphatic rings. The van der Waals surface area contributed by atoms with Crippen LogP contribution in [0.4, 0.5) is 0 Å². The number of nitrogens with one attached hydrogen (secondary N) is 1. The number of fused-ring (bicyclic) bond motifs is 1. The molecule has 142 valence electrons. The van der Waals surface area contributed by atoms with Crippen molar-refractivity contribution in [2.24, 2.45) is 12.8 Å². The molecule has 0 spiro atoms. The van der Waals surface area contributed by atoms with E-state index in [-0.39, 0.29) is 16.5 Å². The van der Waals surface area contributed by atoms with Gasteiger partial charge in [-0.15, -0.1) is 0 Å². The average molecular weight is 387 g/mol. The lowest BCUT2D eigenvalue weighted by Crippen LogP contribution is -2.38. The normalized spacial score (nSPS) is 16.8. The van der Waals surface area contributed by atoms with Gasteiger partial charge < -0.3 is 15.3 Å². The molecule has 0 unspecified atom stereocenters. The van der Waals surface area contributed by atoms with Gasteiger partial charge in [-0.3, -0.25) is 4.79 Å². The molecule has 1 aliphatic heterocycles. The Labute approximate surface area is 157 Å². The summed E-state index contributed by atoms with van der Waals surface area (Å²) >= 11 is 0. The maximum Gasteiger partial charge on any atom is 0.265 e. The summed E-state index contributed by atoms with van der Waals surface area (Å²) in [5.74, 6) is 0.451. The van der Waals surface area contributed by atoms with Gasteiger partial charge in [-0.1, -0.05) is 12.1 Å². The first-order valence-corrected chi connectivity index (χ1v) is 10.2. The third-order valence-corrected chi connectivity index (χ3v) is 6.98. The van der Waals surface area contributed by atoms with E-state index in [0.29, 0.717) is 25.9 Å². The number of sulfonamides is 1. The Bertz CT molecular complexity index is 1070. The van der Waals surface area contributed by atoms with Crippen LogP contribution >= 0.6 is 0 Å². The number of nitrogens with zero attached hydrogens (tertiary/aromatic N) is 3. The fourth-order valence-electron chi connectivity index (χ4n) is 3.60. The molecule has 1 fully saturated rings. The summed E-state index contributed by atoms with van der Waals surface area (Å²) in [4.78, 5) is 19.5. The van der Waals surface area contributed by atoms with Gasteiger partial charge in [0.05, 0.1) is 11.0 Å². The Morgan fingerprint density at radius 2 is 1.96 bits per heavy atom. The number of H-pyrrole nitrogens is 1. The van der Waals surface area contributed by atoms with Crippen LogP contribution in [0.15, 0.2) is 41.4 Å². The highest BCUT2D eigenvalue weighted by atomic mass is 32.2. The van der Waals surface area contributed by atoms with Crippen molar-refractivity contribution in [2.75, 3.05) is 13.1 Å². The van der Waals surface area contributed by atoms with E-state index in [1.807, 2.05) is 24.3 Å². The molecule has 1 amide bonds. The number of amides is 1. The zero-order valence-corrected chi connectivity index (χ0v) is 15.7. The molecule has 4 rings (SSSR count). The second-order valence-electron chi connectivity index (χ2n) is 6.85. The molecular formula is C18H21N5O3S. The van der Waals surface area contributed by atoms with Crippen LogP contribution in [-0.2, 0) is 17.1 Å². The van der Waals surface area contributed by atoms with Gasteiger partial charge in [0.15, 0.2) is 0 Å². The fourth-order valence-corrected chi connectivity index (χ4v) is 5.15. The summed E-state index contributed by atoms with van der Waals surface area (Å²) in [6, 6.07) is 9.18. The molecule has 0 atom stereocenters. The lowest BCUT2D eigenvalue weighted by atomic mass is 9.97. The number of aryl methyl sites for hydroxylation is 1. The number of carbonyl (C=O) groups excluding carboxylic acids is 1. The molecule has 9 heteroatoms. The van der Waals surface area contributed by atoms with Crippen LogP contribution in [0.5, 0.6) is 0 Å². The smallest absolute Gasteiger partial charge is 0.265 e. The van der Waals surface area contributed by atoms with Crippen molar-refractivity contribution in [3.63, 3.8) is 0 Å². The summed E-state index contributed by atoms with van der Waals surface area (Å²) < 4.78 is 28.7. The first kappa shape index (κ1) is 17.7. The van der Waals surface area contributed by atoms with Crippen molar-refractivity contribution < 1.29 is 13.2 Å². The fraction of sp³-hybridized carbons (Fsp3) is 0.333. The van der Waals surface area contributed by atoms with Crippen molar-refractivity contribution in [2.45, 2.75) is 23.7 Å². The van der Waals surface area contributed by atoms with Gasteiger partial charge in [-0.2, -0.15) is 4.31 Å². The van der Waals surface area contributed by atoms with Crippen LogP contribution < -0.4 is 5.73 Å². The summed E-state index contributed by atoms with van der Waals surface area (Å²) in [5, 5.41) is 0. The van der Waals surface area contributed by atoms with E-state index in [4.69, 9.17) is 5.73 Å². The predicted molar refractivity (Wildman–Crippen MR) is 101 cm³/mol. The Hall–Kier alpha value is -2.65. The third kappa shape index (κ3) is 3.13. The van der Waals surface area contributed by atoms with E-state index >= 15 is 0 Å². The number of para-hydroxylation sites is 2. The van der Waals surface area contributed by atoms with E-state index in [2.05, 4.69) is 9.97 Å². The molecule has 0 radical (unpaired) electrons. The lowest BCUT2D eigenvalue weighted by Gasteiger charge is -2.30. The molecule has 27 heavy (non-hydrogen) atoms. The molecule has 3 heterocycles. The van der Waals surface area contributed by atoms with E-state index in [1.54, 1.807) is 7.05 Å². The standard InChI is InChI=1S/C18H21N5O3S/c1-22-11-13(10-16(22)17(19)24)27(25,26)23-8-6-12(7-9-23)18-20-14-4-2-3-5-15(14)21-18/h2-5,10-12H,6-9H2,1H3,(H2,19,24)(H,20,21). The minimum absolute atomic E-state index is 0.0981. The Morgan fingerprint density at radius 1 is 1.26 bits per heavy atom. The number of carbonyl (C=O) groups is 1. The SMILES string of the molecule is Cn1cc(S(=O)(=O)N2CCC(c3nc4ccccc4[nH]3)CC2)cc1C(N)=O. The molecule has 3 N–H and O–H groups in total. The third-order valence-electron chi connectivity index (χ3n) is 5.12. The van der Waals surface area contributed by atoms with Gasteiger partial charge in [-0.25, -0.2) is 13.4 Å². The van der Waals surface area contributed by atoms with Crippen LogP contribution in [0.2, 0.25) is 0 Å². The lowest BCUT2D eigenvalue weighted by molar-refractivity contribution is 0.0992. The first-order valence-electron chi connectivity index (χ1n) is 8.77. The van der Waals surface area contributed by atoms with Gasteiger partial charge in [0.2, 0.25) is 10.0 Å². The second kappa shape index (κ2) is 6.50. The number of benzene rings is 1. The summed E-state index contributed by atoms with van der Waals surface area (Å²) in [5.41, 5.74) is 7.37. The van der Waals surface area contributed by atoms with E-state index < -0.39 is 15.9 Å².